The van der Waals surface area contributed by atoms with Gasteiger partial charge in [0.2, 0.25) is 5.91 Å². The number of hydrogen-bond acceptors (Lipinski definition) is 5. The van der Waals surface area contributed by atoms with Crippen LogP contribution in [0.3, 0.4) is 0 Å². The first-order valence-electron chi connectivity index (χ1n) is 7.73. The van der Waals surface area contributed by atoms with Gasteiger partial charge < -0.3 is 25.2 Å². The van der Waals surface area contributed by atoms with Crippen molar-refractivity contribution in [1.82, 2.24) is 4.90 Å². The molecule has 1 heterocycles. The van der Waals surface area contributed by atoms with E-state index in [1.165, 1.54) is 18.1 Å². The molecular formula is C17H20N2O6. The number of benzene rings is 1. The zero-order valence-electron chi connectivity index (χ0n) is 13.8. The Hall–Kier alpha value is -3.03. The van der Waals surface area contributed by atoms with Gasteiger partial charge in [0, 0.05) is 12.6 Å². The largest absolute Gasteiger partial charge is 0.493 e. The molecule has 134 valence electrons. The molecule has 0 spiro atoms. The van der Waals surface area contributed by atoms with Gasteiger partial charge in [-0.3, -0.25) is 9.59 Å². The van der Waals surface area contributed by atoms with Crippen molar-refractivity contribution in [2.45, 2.75) is 18.9 Å². The molecular weight excluding hydrogens is 328 g/mol. The normalized spacial score (nSPS) is 16.8. The van der Waals surface area contributed by atoms with Crippen molar-refractivity contribution in [3.63, 3.8) is 0 Å². The first-order chi connectivity index (χ1) is 11.9. The molecule has 1 aromatic carbocycles. The molecule has 1 aliphatic rings. The predicted molar refractivity (Wildman–Crippen MR) is 89.1 cm³/mol. The van der Waals surface area contributed by atoms with Crippen LogP contribution in [0, 0.1) is 0 Å². The van der Waals surface area contributed by atoms with Gasteiger partial charge in [-0.05, 0) is 36.6 Å². The maximum Gasteiger partial charge on any atom is 0.326 e. The van der Waals surface area contributed by atoms with Gasteiger partial charge in [0.1, 0.15) is 6.04 Å². The molecule has 1 atom stereocenters. The van der Waals surface area contributed by atoms with E-state index in [1.54, 1.807) is 24.3 Å². The predicted octanol–water partition coefficient (Wildman–Crippen LogP) is 0.648. The van der Waals surface area contributed by atoms with Gasteiger partial charge in [0.05, 0.1) is 7.11 Å². The summed E-state index contributed by atoms with van der Waals surface area (Å²) in [5.74, 6) is -1.19. The van der Waals surface area contributed by atoms with Crippen LogP contribution in [0.4, 0.5) is 0 Å². The lowest BCUT2D eigenvalue weighted by Gasteiger charge is -2.19. The van der Waals surface area contributed by atoms with Crippen LogP contribution in [0.5, 0.6) is 11.5 Å². The molecule has 2 amide bonds. The highest BCUT2D eigenvalue weighted by atomic mass is 16.5. The number of ether oxygens (including phenoxy) is 2. The molecule has 25 heavy (non-hydrogen) atoms. The summed E-state index contributed by atoms with van der Waals surface area (Å²) < 4.78 is 10.4. The molecule has 1 saturated heterocycles. The van der Waals surface area contributed by atoms with Crippen LogP contribution in [0.2, 0.25) is 0 Å². The number of hydrogen-bond donors (Lipinski definition) is 2. The van der Waals surface area contributed by atoms with Crippen molar-refractivity contribution in [3.8, 4) is 11.5 Å². The van der Waals surface area contributed by atoms with Crippen molar-refractivity contribution in [1.29, 1.82) is 0 Å². The number of primary amides is 1. The van der Waals surface area contributed by atoms with Gasteiger partial charge in [0.15, 0.2) is 18.1 Å². The number of carboxylic acids is 1. The summed E-state index contributed by atoms with van der Waals surface area (Å²) in [6, 6.07) is 4.15. The standard InChI is InChI=1S/C17H20N2O6/c1-24-14-9-11(4-6-13(14)25-10-15(18)20)5-7-16(21)19-8-2-3-12(19)17(22)23/h4-7,9,12H,2-3,8,10H2,1H3,(H2,18,20)(H,22,23)/b7-5+/t12-/m1/s1. The molecule has 0 aromatic heterocycles. The Morgan fingerprint density at radius 3 is 2.76 bits per heavy atom. The highest BCUT2D eigenvalue weighted by Crippen LogP contribution is 2.28. The third-order valence-electron chi connectivity index (χ3n) is 3.80. The first-order valence-corrected chi connectivity index (χ1v) is 7.73. The summed E-state index contributed by atoms with van der Waals surface area (Å²) in [6.07, 6.45) is 4.05. The molecule has 0 saturated carbocycles. The Morgan fingerprint density at radius 2 is 2.12 bits per heavy atom. The summed E-state index contributed by atoms with van der Waals surface area (Å²) in [5, 5.41) is 9.12. The molecule has 0 unspecified atom stereocenters. The Bertz CT molecular complexity index is 700. The number of nitrogens with two attached hydrogens (primary N) is 1. The van der Waals surface area contributed by atoms with Crippen molar-refractivity contribution in [2.24, 2.45) is 5.73 Å². The number of carbonyl (C=O) groups excluding carboxylic acids is 2. The van der Waals surface area contributed by atoms with E-state index in [9.17, 15) is 14.4 Å². The van der Waals surface area contributed by atoms with E-state index in [1.807, 2.05) is 0 Å². The van der Waals surface area contributed by atoms with Crippen LogP contribution in [0.1, 0.15) is 18.4 Å². The number of carboxylic acid groups (broad SMARTS) is 1. The Kier molecular flexibility index (Phi) is 5.99. The number of methoxy groups -OCH3 is 1. The minimum atomic E-state index is -0.989. The van der Waals surface area contributed by atoms with Gasteiger partial charge in [-0.15, -0.1) is 0 Å². The number of likely N-dealkylation sites (tertiary alicyclic amines) is 1. The number of nitrogens with zero attached hydrogens (tertiary/aromatic N) is 1. The topological polar surface area (TPSA) is 119 Å². The van der Waals surface area contributed by atoms with Crippen LogP contribution in [-0.4, -0.2) is 54.1 Å². The van der Waals surface area contributed by atoms with Crippen LogP contribution >= 0.6 is 0 Å². The van der Waals surface area contributed by atoms with E-state index in [0.717, 1.165) is 0 Å². The monoisotopic (exact) mass is 348 g/mol. The Labute approximate surface area is 144 Å². The van der Waals surface area contributed by atoms with E-state index >= 15 is 0 Å². The van der Waals surface area contributed by atoms with Crippen molar-refractivity contribution < 1.29 is 29.0 Å². The van der Waals surface area contributed by atoms with Crippen LogP contribution in [0.15, 0.2) is 24.3 Å². The minimum absolute atomic E-state index is 0.268. The summed E-state index contributed by atoms with van der Waals surface area (Å²) in [5.41, 5.74) is 5.70. The second kappa shape index (κ2) is 8.18. The molecule has 0 radical (unpaired) electrons. The van der Waals surface area contributed by atoms with Crippen LogP contribution < -0.4 is 15.2 Å². The average molecular weight is 348 g/mol. The molecule has 1 aliphatic heterocycles. The second-order valence-corrected chi connectivity index (χ2v) is 5.53. The maximum atomic E-state index is 12.2. The van der Waals surface area contributed by atoms with Gasteiger partial charge in [-0.2, -0.15) is 0 Å². The average Bonchev–Trinajstić information content (AvgIpc) is 3.08. The molecule has 3 N–H and O–H groups in total. The molecule has 1 aromatic rings. The van der Waals surface area contributed by atoms with Crippen LogP contribution in [0.25, 0.3) is 6.08 Å². The summed E-state index contributed by atoms with van der Waals surface area (Å²) in [4.78, 5) is 35.5. The fourth-order valence-corrected chi connectivity index (χ4v) is 2.61. The van der Waals surface area contributed by atoms with Crippen molar-refractivity contribution >= 4 is 23.9 Å². The number of amides is 2. The van der Waals surface area contributed by atoms with Gasteiger partial charge in [-0.1, -0.05) is 6.07 Å². The second-order valence-electron chi connectivity index (χ2n) is 5.53. The number of rotatable bonds is 7. The SMILES string of the molecule is COc1cc(/C=C/C(=O)N2CCC[C@@H]2C(=O)O)ccc1OCC(N)=O. The lowest BCUT2D eigenvalue weighted by atomic mass is 10.1. The van der Waals surface area contributed by atoms with E-state index in [2.05, 4.69) is 0 Å². The minimum Gasteiger partial charge on any atom is -0.493 e. The third-order valence-corrected chi connectivity index (χ3v) is 3.80. The smallest absolute Gasteiger partial charge is 0.326 e. The lowest BCUT2D eigenvalue weighted by molar-refractivity contribution is -0.146. The third kappa shape index (κ3) is 4.72. The molecule has 1 fully saturated rings. The Morgan fingerprint density at radius 1 is 1.36 bits per heavy atom. The maximum absolute atomic E-state index is 12.2. The van der Waals surface area contributed by atoms with E-state index in [0.29, 0.717) is 36.4 Å². The van der Waals surface area contributed by atoms with E-state index in [4.69, 9.17) is 20.3 Å². The molecule has 0 aliphatic carbocycles. The van der Waals surface area contributed by atoms with Crippen molar-refractivity contribution in [3.05, 3.63) is 29.8 Å². The highest BCUT2D eigenvalue weighted by molar-refractivity contribution is 5.94. The van der Waals surface area contributed by atoms with E-state index in [-0.39, 0.29) is 12.5 Å². The Balaban J connectivity index is 2.08. The quantitative estimate of drug-likeness (QED) is 0.698. The van der Waals surface area contributed by atoms with Gasteiger partial charge in [-0.25, -0.2) is 4.79 Å². The zero-order valence-corrected chi connectivity index (χ0v) is 13.8. The van der Waals surface area contributed by atoms with Gasteiger partial charge >= 0.3 is 5.97 Å². The van der Waals surface area contributed by atoms with Crippen LogP contribution in [-0.2, 0) is 14.4 Å². The summed E-state index contributed by atoms with van der Waals surface area (Å²) in [7, 11) is 1.45. The fraction of sp³-hybridized carbons (Fsp3) is 0.353. The van der Waals surface area contributed by atoms with Gasteiger partial charge in [0.25, 0.3) is 5.91 Å². The molecule has 8 nitrogen and oxygen atoms in total. The number of carbonyl (C=O) groups is 3. The first kappa shape index (κ1) is 18.3. The lowest BCUT2D eigenvalue weighted by Crippen LogP contribution is -2.39. The molecule has 8 heteroatoms. The number of aliphatic carboxylic acids is 1. The highest BCUT2D eigenvalue weighted by Gasteiger charge is 2.32. The molecule has 2 rings (SSSR count). The van der Waals surface area contributed by atoms with E-state index < -0.39 is 17.9 Å². The van der Waals surface area contributed by atoms with Crippen molar-refractivity contribution in [2.75, 3.05) is 20.3 Å². The fourth-order valence-electron chi connectivity index (χ4n) is 2.61. The zero-order chi connectivity index (χ0) is 18.4. The molecule has 0 bridgehead atoms. The summed E-state index contributed by atoms with van der Waals surface area (Å²) in [6.45, 7) is 0.166. The summed E-state index contributed by atoms with van der Waals surface area (Å²) >= 11 is 0.